The molecule has 100 valence electrons. The first-order chi connectivity index (χ1) is 9.15. The molecule has 1 aromatic rings. The van der Waals surface area contributed by atoms with Crippen LogP contribution in [0.5, 0.6) is 0 Å². The number of carbonyl (C=O) groups excluding carboxylic acids is 1. The number of nitriles is 1. The second kappa shape index (κ2) is 5.94. The topological polar surface area (TPSA) is 64.9 Å². The second-order valence-electron chi connectivity index (χ2n) is 4.78. The molecule has 0 spiro atoms. The van der Waals surface area contributed by atoms with Gasteiger partial charge >= 0.3 is 0 Å². The number of benzene rings is 1. The van der Waals surface area contributed by atoms with Crippen LogP contribution in [0.25, 0.3) is 0 Å². The lowest BCUT2D eigenvalue weighted by Crippen LogP contribution is -2.47. The molecule has 0 bridgehead atoms. The molecular formula is C14H16ClN3O. The number of hydrogen-bond acceptors (Lipinski definition) is 3. The van der Waals surface area contributed by atoms with Crippen LogP contribution in [0.4, 0.5) is 5.69 Å². The number of hydrogen-bond donors (Lipinski definition) is 2. The molecule has 1 saturated carbocycles. The van der Waals surface area contributed by atoms with Gasteiger partial charge in [0.05, 0.1) is 23.3 Å². The Bertz CT molecular complexity index is 504. The SMILES string of the molecule is N#CC1(NC(=O)CNc2ccccc2Cl)CCCC1. The standard InChI is InChI=1S/C14H16ClN3O/c15-11-5-1-2-6-12(11)17-9-13(19)18-14(10-16)7-3-4-8-14/h1-2,5-6,17H,3-4,7-9H2,(H,18,19). The van der Waals surface area contributed by atoms with Crippen molar-refractivity contribution in [1.82, 2.24) is 5.32 Å². The summed E-state index contributed by atoms with van der Waals surface area (Å²) in [4.78, 5) is 11.9. The predicted molar refractivity (Wildman–Crippen MR) is 74.9 cm³/mol. The predicted octanol–water partition coefficient (Wildman–Crippen LogP) is 2.70. The summed E-state index contributed by atoms with van der Waals surface area (Å²) >= 11 is 5.99. The van der Waals surface area contributed by atoms with Gasteiger partial charge in [-0.15, -0.1) is 0 Å². The molecule has 2 N–H and O–H groups in total. The molecule has 1 fully saturated rings. The van der Waals surface area contributed by atoms with Gasteiger partial charge in [0.2, 0.25) is 5.91 Å². The first-order valence-corrected chi connectivity index (χ1v) is 6.74. The molecule has 0 unspecified atom stereocenters. The van der Waals surface area contributed by atoms with Gasteiger partial charge in [-0.05, 0) is 37.8 Å². The average molecular weight is 278 g/mol. The quantitative estimate of drug-likeness (QED) is 0.889. The van der Waals surface area contributed by atoms with E-state index in [-0.39, 0.29) is 12.5 Å². The van der Waals surface area contributed by atoms with Gasteiger partial charge in [-0.1, -0.05) is 23.7 Å². The second-order valence-corrected chi connectivity index (χ2v) is 5.19. The van der Waals surface area contributed by atoms with Crippen molar-refractivity contribution in [3.05, 3.63) is 29.3 Å². The third-order valence-corrected chi connectivity index (χ3v) is 3.69. The van der Waals surface area contributed by atoms with E-state index in [2.05, 4.69) is 16.7 Å². The molecule has 0 atom stereocenters. The van der Waals surface area contributed by atoms with E-state index in [4.69, 9.17) is 11.6 Å². The minimum atomic E-state index is -0.667. The summed E-state index contributed by atoms with van der Waals surface area (Å²) in [6.07, 6.45) is 3.46. The number of para-hydroxylation sites is 1. The molecule has 4 nitrogen and oxygen atoms in total. The summed E-state index contributed by atoms with van der Waals surface area (Å²) in [6.45, 7) is 0.118. The van der Waals surface area contributed by atoms with Crippen molar-refractivity contribution < 1.29 is 4.79 Å². The Morgan fingerprint density at radius 3 is 2.68 bits per heavy atom. The number of carbonyl (C=O) groups is 1. The molecule has 0 heterocycles. The number of nitrogens with zero attached hydrogens (tertiary/aromatic N) is 1. The van der Waals surface area contributed by atoms with Crippen LogP contribution < -0.4 is 10.6 Å². The van der Waals surface area contributed by atoms with Gasteiger partial charge in [0.15, 0.2) is 0 Å². The number of nitrogens with one attached hydrogen (secondary N) is 2. The van der Waals surface area contributed by atoms with Crippen molar-refractivity contribution in [1.29, 1.82) is 5.26 Å². The maximum absolute atomic E-state index is 11.9. The highest BCUT2D eigenvalue weighted by atomic mass is 35.5. The van der Waals surface area contributed by atoms with Crippen LogP contribution in [-0.4, -0.2) is 18.0 Å². The highest BCUT2D eigenvalue weighted by Crippen LogP contribution is 2.28. The summed E-state index contributed by atoms with van der Waals surface area (Å²) in [5.74, 6) is -0.177. The van der Waals surface area contributed by atoms with Gasteiger partial charge in [0.25, 0.3) is 0 Å². The highest BCUT2D eigenvalue weighted by Gasteiger charge is 2.35. The van der Waals surface area contributed by atoms with Gasteiger partial charge in [-0.25, -0.2) is 0 Å². The Hall–Kier alpha value is -1.73. The van der Waals surface area contributed by atoms with E-state index < -0.39 is 5.54 Å². The molecule has 1 aromatic carbocycles. The average Bonchev–Trinajstić information content (AvgIpc) is 2.87. The van der Waals surface area contributed by atoms with Crippen molar-refractivity contribution >= 4 is 23.2 Å². The van der Waals surface area contributed by atoms with E-state index in [1.165, 1.54) is 0 Å². The molecule has 0 saturated heterocycles. The minimum Gasteiger partial charge on any atom is -0.375 e. The Morgan fingerprint density at radius 2 is 2.05 bits per heavy atom. The monoisotopic (exact) mass is 277 g/mol. The van der Waals surface area contributed by atoms with Gasteiger partial charge in [0.1, 0.15) is 5.54 Å². The molecule has 2 rings (SSSR count). The normalized spacial score (nSPS) is 16.6. The highest BCUT2D eigenvalue weighted by molar-refractivity contribution is 6.33. The molecule has 19 heavy (non-hydrogen) atoms. The lowest BCUT2D eigenvalue weighted by Gasteiger charge is -2.22. The summed E-state index contributed by atoms with van der Waals surface area (Å²) in [7, 11) is 0. The lowest BCUT2D eigenvalue weighted by molar-refractivity contribution is -0.120. The van der Waals surface area contributed by atoms with Crippen molar-refractivity contribution in [3.63, 3.8) is 0 Å². The Labute approximate surface area is 117 Å². The number of amides is 1. The van der Waals surface area contributed by atoms with E-state index >= 15 is 0 Å². The Kier molecular flexibility index (Phi) is 4.28. The third-order valence-electron chi connectivity index (χ3n) is 3.36. The fraction of sp³-hybridized carbons (Fsp3) is 0.429. The molecule has 1 amide bonds. The molecule has 1 aliphatic rings. The fourth-order valence-electron chi connectivity index (χ4n) is 2.33. The third kappa shape index (κ3) is 3.39. The smallest absolute Gasteiger partial charge is 0.240 e. The van der Waals surface area contributed by atoms with Crippen molar-refractivity contribution in [2.45, 2.75) is 31.2 Å². The maximum atomic E-state index is 11.9. The molecule has 0 aliphatic heterocycles. The van der Waals surface area contributed by atoms with Crippen LogP contribution in [0.3, 0.4) is 0 Å². The first kappa shape index (κ1) is 13.7. The Morgan fingerprint density at radius 1 is 1.37 bits per heavy atom. The summed E-state index contributed by atoms with van der Waals surface area (Å²) in [5, 5.41) is 15.6. The van der Waals surface area contributed by atoms with Gasteiger partial charge in [0, 0.05) is 0 Å². The largest absolute Gasteiger partial charge is 0.375 e. The molecule has 1 aliphatic carbocycles. The fourth-order valence-corrected chi connectivity index (χ4v) is 2.54. The molecule has 0 radical (unpaired) electrons. The summed E-state index contributed by atoms with van der Waals surface area (Å²) in [6, 6.07) is 9.48. The van der Waals surface area contributed by atoms with Crippen LogP contribution in [0.2, 0.25) is 5.02 Å². The Balaban J connectivity index is 1.89. The van der Waals surface area contributed by atoms with Gasteiger partial charge < -0.3 is 10.6 Å². The number of halogens is 1. The van der Waals surface area contributed by atoms with Crippen LogP contribution in [0.1, 0.15) is 25.7 Å². The zero-order valence-electron chi connectivity index (χ0n) is 10.6. The van der Waals surface area contributed by atoms with Crippen molar-refractivity contribution in [3.8, 4) is 6.07 Å². The van der Waals surface area contributed by atoms with Crippen LogP contribution in [0.15, 0.2) is 24.3 Å². The van der Waals surface area contributed by atoms with E-state index in [0.717, 1.165) is 31.4 Å². The van der Waals surface area contributed by atoms with Crippen molar-refractivity contribution in [2.24, 2.45) is 0 Å². The summed E-state index contributed by atoms with van der Waals surface area (Å²) < 4.78 is 0. The van der Waals surface area contributed by atoms with E-state index in [1.54, 1.807) is 6.07 Å². The zero-order chi connectivity index (χ0) is 13.7. The molecule has 0 aromatic heterocycles. The van der Waals surface area contributed by atoms with Crippen LogP contribution >= 0.6 is 11.6 Å². The van der Waals surface area contributed by atoms with Crippen LogP contribution in [0, 0.1) is 11.3 Å². The first-order valence-electron chi connectivity index (χ1n) is 6.36. The molecular weight excluding hydrogens is 262 g/mol. The van der Waals surface area contributed by atoms with Crippen LogP contribution in [-0.2, 0) is 4.79 Å². The maximum Gasteiger partial charge on any atom is 0.240 e. The molecule has 5 heteroatoms. The van der Waals surface area contributed by atoms with E-state index in [9.17, 15) is 10.1 Å². The van der Waals surface area contributed by atoms with E-state index in [0.29, 0.717) is 5.02 Å². The number of rotatable bonds is 4. The lowest BCUT2D eigenvalue weighted by atomic mass is 10.00. The van der Waals surface area contributed by atoms with Gasteiger partial charge in [-0.3, -0.25) is 4.79 Å². The van der Waals surface area contributed by atoms with E-state index in [1.807, 2.05) is 18.2 Å². The van der Waals surface area contributed by atoms with Gasteiger partial charge in [-0.2, -0.15) is 5.26 Å². The number of anilines is 1. The zero-order valence-corrected chi connectivity index (χ0v) is 11.3. The minimum absolute atomic E-state index is 0.118. The summed E-state index contributed by atoms with van der Waals surface area (Å²) in [5.41, 5.74) is 0.0518. The van der Waals surface area contributed by atoms with Crippen molar-refractivity contribution in [2.75, 3.05) is 11.9 Å².